The van der Waals surface area contributed by atoms with Gasteiger partial charge in [0.2, 0.25) is 5.91 Å². The van der Waals surface area contributed by atoms with E-state index in [1.54, 1.807) is 42.5 Å². The van der Waals surface area contributed by atoms with Crippen molar-refractivity contribution in [3.05, 3.63) is 119 Å². The van der Waals surface area contributed by atoms with Crippen LogP contribution in [-0.4, -0.2) is 20.4 Å². The predicted octanol–water partition coefficient (Wildman–Crippen LogP) is 6.07. The van der Waals surface area contributed by atoms with Gasteiger partial charge in [-0.05, 0) is 65.1 Å². The second-order valence-corrected chi connectivity index (χ2v) is 11.5. The molecule has 208 valence electrons. The number of anilines is 1. The third-order valence-electron chi connectivity index (χ3n) is 6.99. The number of sulfonamides is 1. The molecule has 0 aromatic heterocycles. The van der Waals surface area contributed by atoms with Crippen LogP contribution in [0.2, 0.25) is 0 Å². The van der Waals surface area contributed by atoms with Crippen LogP contribution in [0.15, 0.2) is 102 Å². The van der Waals surface area contributed by atoms with E-state index in [1.165, 1.54) is 40.7 Å². The predicted molar refractivity (Wildman–Crippen MR) is 148 cm³/mol. The fourth-order valence-corrected chi connectivity index (χ4v) is 6.67. The molecule has 0 fully saturated rings. The Balaban J connectivity index is 1.39. The number of carbonyl (C=O) groups excluding carboxylic acids is 1. The molecule has 0 saturated carbocycles. The molecular weight excluding hydrogens is 551 g/mol. The Morgan fingerprint density at radius 2 is 1.63 bits per heavy atom. The van der Waals surface area contributed by atoms with Crippen LogP contribution in [0, 0.1) is 11.3 Å². The number of para-hydroxylation sites is 1. The minimum absolute atomic E-state index is 0.0433. The van der Waals surface area contributed by atoms with Crippen molar-refractivity contribution < 1.29 is 26.4 Å². The van der Waals surface area contributed by atoms with Gasteiger partial charge in [-0.15, -0.1) is 0 Å². The van der Waals surface area contributed by atoms with Gasteiger partial charge in [0, 0.05) is 13.0 Å². The molecule has 1 heterocycles. The number of hydrogen-bond donors (Lipinski definition) is 1. The van der Waals surface area contributed by atoms with Gasteiger partial charge in [-0.2, -0.15) is 18.4 Å². The molecule has 0 spiro atoms. The maximum Gasteiger partial charge on any atom is 0.416 e. The Bertz CT molecular complexity index is 1750. The zero-order valence-corrected chi connectivity index (χ0v) is 22.4. The molecule has 10 heteroatoms. The number of rotatable bonds is 7. The van der Waals surface area contributed by atoms with Gasteiger partial charge in [-0.25, -0.2) is 8.42 Å². The van der Waals surface area contributed by atoms with Crippen molar-refractivity contribution in [1.29, 1.82) is 5.26 Å². The molecule has 0 radical (unpaired) electrons. The summed E-state index contributed by atoms with van der Waals surface area (Å²) in [4.78, 5) is 12.9. The van der Waals surface area contributed by atoms with E-state index in [1.807, 2.05) is 6.07 Å². The molecule has 0 saturated heterocycles. The summed E-state index contributed by atoms with van der Waals surface area (Å²) in [6, 6.07) is 25.8. The second-order valence-electron chi connectivity index (χ2n) is 9.64. The number of alkyl halides is 3. The molecule has 1 aliphatic heterocycles. The van der Waals surface area contributed by atoms with E-state index in [4.69, 9.17) is 0 Å². The zero-order chi connectivity index (χ0) is 29.2. The molecule has 1 atom stereocenters. The van der Waals surface area contributed by atoms with Gasteiger partial charge in [0.1, 0.15) is 0 Å². The first kappa shape index (κ1) is 27.9. The topological polar surface area (TPSA) is 90.3 Å². The lowest BCUT2D eigenvalue weighted by molar-refractivity contribution is -0.137. The van der Waals surface area contributed by atoms with E-state index in [-0.39, 0.29) is 23.8 Å². The number of nitrogens with zero attached hydrogens (tertiary/aromatic N) is 2. The Hall–Kier alpha value is -4.62. The first-order valence-corrected chi connectivity index (χ1v) is 14.2. The van der Waals surface area contributed by atoms with Gasteiger partial charge in [0.05, 0.1) is 33.8 Å². The van der Waals surface area contributed by atoms with Gasteiger partial charge < -0.3 is 5.32 Å². The van der Waals surface area contributed by atoms with E-state index in [0.717, 1.165) is 17.7 Å². The van der Waals surface area contributed by atoms with Crippen molar-refractivity contribution in [2.24, 2.45) is 0 Å². The van der Waals surface area contributed by atoms with Crippen LogP contribution in [0.3, 0.4) is 0 Å². The Kier molecular flexibility index (Phi) is 7.56. The smallest absolute Gasteiger partial charge is 0.352 e. The van der Waals surface area contributed by atoms with E-state index >= 15 is 0 Å². The van der Waals surface area contributed by atoms with Crippen LogP contribution < -0.4 is 9.62 Å². The number of hydrogen-bond acceptors (Lipinski definition) is 4. The third-order valence-corrected chi connectivity index (χ3v) is 8.87. The van der Waals surface area contributed by atoms with Crippen LogP contribution in [0.4, 0.5) is 18.9 Å². The molecular formula is C31H24F3N3O3S. The summed E-state index contributed by atoms with van der Waals surface area (Å²) in [5.41, 5.74) is 2.31. The van der Waals surface area contributed by atoms with Crippen LogP contribution in [0.5, 0.6) is 0 Å². The summed E-state index contributed by atoms with van der Waals surface area (Å²) >= 11 is 0. The minimum atomic E-state index is -4.50. The van der Waals surface area contributed by atoms with Crippen molar-refractivity contribution >= 4 is 21.6 Å². The highest BCUT2D eigenvalue weighted by molar-refractivity contribution is 7.92. The van der Waals surface area contributed by atoms with Gasteiger partial charge in [0.25, 0.3) is 10.0 Å². The Labute approximate surface area is 235 Å². The summed E-state index contributed by atoms with van der Waals surface area (Å²) in [6.07, 6.45) is -4.27. The molecule has 4 aromatic carbocycles. The largest absolute Gasteiger partial charge is 0.416 e. The van der Waals surface area contributed by atoms with Crippen molar-refractivity contribution in [2.45, 2.75) is 36.5 Å². The van der Waals surface area contributed by atoms with Gasteiger partial charge in [0.15, 0.2) is 0 Å². The summed E-state index contributed by atoms with van der Waals surface area (Å²) in [5, 5.41) is 12.1. The fraction of sp³-hybridized carbons (Fsp3) is 0.161. The number of nitrogens with one attached hydrogen (secondary N) is 1. The van der Waals surface area contributed by atoms with Crippen molar-refractivity contribution in [1.82, 2.24) is 5.32 Å². The minimum Gasteiger partial charge on any atom is -0.352 e. The highest BCUT2D eigenvalue weighted by atomic mass is 32.2. The van der Waals surface area contributed by atoms with Gasteiger partial charge >= 0.3 is 6.18 Å². The lowest BCUT2D eigenvalue weighted by Gasteiger charge is -2.27. The van der Waals surface area contributed by atoms with E-state index in [9.17, 15) is 31.6 Å². The average molecular weight is 576 g/mol. The zero-order valence-electron chi connectivity index (χ0n) is 21.6. The number of fused-ring (bicyclic) bond motifs is 1. The van der Waals surface area contributed by atoms with Gasteiger partial charge in [-0.1, -0.05) is 60.7 Å². The van der Waals surface area contributed by atoms with E-state index in [2.05, 4.69) is 11.4 Å². The maximum absolute atomic E-state index is 13.9. The van der Waals surface area contributed by atoms with Crippen molar-refractivity contribution in [3.63, 3.8) is 0 Å². The molecule has 0 aliphatic carbocycles. The van der Waals surface area contributed by atoms with Crippen molar-refractivity contribution in [2.75, 3.05) is 4.31 Å². The number of carbonyl (C=O) groups is 1. The number of halogens is 3. The number of benzene rings is 4. The Morgan fingerprint density at radius 1 is 0.927 bits per heavy atom. The molecule has 1 N–H and O–H groups in total. The van der Waals surface area contributed by atoms with Crippen LogP contribution in [0.25, 0.3) is 11.1 Å². The third kappa shape index (κ3) is 5.81. The normalized spacial score (nSPS) is 14.8. The van der Waals surface area contributed by atoms with E-state index in [0.29, 0.717) is 34.4 Å². The average Bonchev–Trinajstić information content (AvgIpc) is 3.34. The molecule has 0 bridgehead atoms. The molecule has 1 aliphatic rings. The molecule has 0 unspecified atom stereocenters. The summed E-state index contributed by atoms with van der Waals surface area (Å²) < 4.78 is 68.5. The SMILES string of the molecule is N#Cc1ccccc1CNC(=O)C[C@@H]1Cc2ccccc2N1S(=O)(=O)c1ccc(-c2cccc(C(F)(F)F)c2)cc1. The number of nitriles is 1. The monoisotopic (exact) mass is 575 g/mol. The van der Waals surface area contributed by atoms with Crippen molar-refractivity contribution in [3.8, 4) is 17.2 Å². The van der Waals surface area contributed by atoms with Crippen LogP contribution in [-0.2, 0) is 34.0 Å². The summed E-state index contributed by atoms with van der Waals surface area (Å²) in [5.74, 6) is -0.365. The van der Waals surface area contributed by atoms with Crippen LogP contribution >= 0.6 is 0 Å². The van der Waals surface area contributed by atoms with Gasteiger partial charge in [-0.3, -0.25) is 9.10 Å². The second kappa shape index (κ2) is 11.1. The standard InChI is InChI=1S/C31H24F3N3O3S/c32-31(33,34)26-10-5-9-22(16-26)21-12-14-28(15-13-21)41(39,40)37-27(17-23-6-3-4-11-29(23)37)18-30(38)36-20-25-8-2-1-7-24(25)19-35/h1-16,27H,17-18,20H2,(H,36,38)/t27-/m0/s1. The highest BCUT2D eigenvalue weighted by Crippen LogP contribution is 2.38. The molecule has 6 nitrogen and oxygen atoms in total. The van der Waals surface area contributed by atoms with E-state index < -0.39 is 27.8 Å². The number of amides is 1. The fourth-order valence-electron chi connectivity index (χ4n) is 4.98. The molecule has 41 heavy (non-hydrogen) atoms. The first-order valence-electron chi connectivity index (χ1n) is 12.7. The Morgan fingerprint density at radius 3 is 2.37 bits per heavy atom. The molecule has 4 aromatic rings. The highest BCUT2D eigenvalue weighted by Gasteiger charge is 2.39. The lowest BCUT2D eigenvalue weighted by atomic mass is 10.0. The lowest BCUT2D eigenvalue weighted by Crippen LogP contribution is -2.41. The summed E-state index contributed by atoms with van der Waals surface area (Å²) in [7, 11) is -4.12. The molecule has 5 rings (SSSR count). The quantitative estimate of drug-likeness (QED) is 0.290. The molecule has 1 amide bonds. The summed E-state index contributed by atoms with van der Waals surface area (Å²) in [6.45, 7) is 0.131. The van der Waals surface area contributed by atoms with Crippen LogP contribution in [0.1, 0.15) is 28.7 Å². The maximum atomic E-state index is 13.9. The first-order chi connectivity index (χ1) is 19.6.